The minimum atomic E-state index is 0.0938. The third-order valence-corrected chi connectivity index (χ3v) is 2.41. The Balaban J connectivity index is 4.77. The van der Waals surface area contributed by atoms with Crippen LogP contribution in [0.1, 0.15) is 48.0 Å². The van der Waals surface area contributed by atoms with Crippen LogP contribution in [-0.2, 0) is 0 Å². The summed E-state index contributed by atoms with van der Waals surface area (Å²) in [7, 11) is 0. The second kappa shape index (κ2) is 4.24. The van der Waals surface area contributed by atoms with Crippen molar-refractivity contribution in [3.63, 3.8) is 0 Å². The zero-order valence-corrected chi connectivity index (χ0v) is 10.4. The summed E-state index contributed by atoms with van der Waals surface area (Å²) in [4.78, 5) is 0. The van der Waals surface area contributed by atoms with Gasteiger partial charge in [0.25, 0.3) is 0 Å². The van der Waals surface area contributed by atoms with E-state index < -0.39 is 0 Å². The van der Waals surface area contributed by atoms with Crippen molar-refractivity contribution in [3.05, 3.63) is 12.0 Å². The highest BCUT2D eigenvalue weighted by Gasteiger charge is 2.30. The van der Waals surface area contributed by atoms with Gasteiger partial charge in [0.15, 0.2) is 0 Å². The first kappa shape index (κ1) is 13.3. The minimum Gasteiger partial charge on any atom is -0.514 e. The van der Waals surface area contributed by atoms with Gasteiger partial charge in [0.1, 0.15) is 0 Å². The summed E-state index contributed by atoms with van der Waals surface area (Å²) < 4.78 is 0. The summed E-state index contributed by atoms with van der Waals surface area (Å²) in [6, 6.07) is 0. The number of aliphatic hydroxyl groups excluding tert-OH is 1. The lowest BCUT2D eigenvalue weighted by Gasteiger charge is -2.35. The maximum absolute atomic E-state index is 8.98. The van der Waals surface area contributed by atoms with Crippen molar-refractivity contribution < 1.29 is 5.11 Å². The lowest BCUT2D eigenvalue weighted by Crippen LogP contribution is -2.30. The predicted molar refractivity (Wildman–Crippen MR) is 61.9 cm³/mol. The number of rotatable bonds is 2. The van der Waals surface area contributed by atoms with Crippen molar-refractivity contribution in [3.8, 4) is 0 Å². The van der Waals surface area contributed by atoms with Crippen LogP contribution in [0.25, 0.3) is 0 Å². The first-order valence-corrected chi connectivity index (χ1v) is 5.17. The van der Waals surface area contributed by atoms with Crippen LogP contribution in [0.4, 0.5) is 0 Å². The van der Waals surface area contributed by atoms with E-state index in [1.165, 1.54) is 0 Å². The van der Waals surface area contributed by atoms with Crippen LogP contribution in [-0.4, -0.2) is 5.11 Å². The minimum absolute atomic E-state index is 0.0938. The number of hydrogen-bond acceptors (Lipinski definition) is 2. The lowest BCUT2D eigenvalue weighted by atomic mass is 9.71. The first-order chi connectivity index (χ1) is 6.08. The molecule has 0 fully saturated rings. The van der Waals surface area contributed by atoms with E-state index >= 15 is 0 Å². The molecule has 0 spiro atoms. The predicted octanol–water partition coefficient (Wildman–Crippen LogP) is 3.44. The van der Waals surface area contributed by atoms with Crippen molar-refractivity contribution in [1.82, 2.24) is 0 Å². The Kier molecular flexibility index (Phi) is 4.04. The third-order valence-electron chi connectivity index (χ3n) is 2.41. The van der Waals surface area contributed by atoms with Crippen LogP contribution in [0.3, 0.4) is 0 Å². The standard InChI is InChI=1S/C12H25NO/c1-11(2,3)7-9(10(13)8-14)12(4,5)6/h8-9,14H,7,13H2,1-6H3. The molecule has 84 valence electrons. The summed E-state index contributed by atoms with van der Waals surface area (Å²) in [5.41, 5.74) is 6.73. The fraction of sp³-hybridized carbons (Fsp3) is 0.833. The van der Waals surface area contributed by atoms with Gasteiger partial charge in [-0.3, -0.25) is 0 Å². The maximum atomic E-state index is 8.98. The molecule has 1 unspecified atom stereocenters. The van der Waals surface area contributed by atoms with Gasteiger partial charge in [0, 0.05) is 11.6 Å². The molecule has 0 radical (unpaired) electrons. The van der Waals surface area contributed by atoms with E-state index in [0.29, 0.717) is 5.70 Å². The van der Waals surface area contributed by atoms with Crippen LogP contribution in [0.5, 0.6) is 0 Å². The van der Waals surface area contributed by atoms with Crippen LogP contribution in [0.2, 0.25) is 0 Å². The molecule has 1 atom stereocenters. The normalized spacial score (nSPS) is 16.9. The average Bonchev–Trinajstić information content (AvgIpc) is 1.95. The van der Waals surface area contributed by atoms with E-state index in [9.17, 15) is 0 Å². The fourth-order valence-corrected chi connectivity index (χ4v) is 1.63. The highest BCUT2D eigenvalue weighted by atomic mass is 16.2. The summed E-state index contributed by atoms with van der Waals surface area (Å²) in [5, 5.41) is 8.98. The van der Waals surface area contributed by atoms with Crippen molar-refractivity contribution in [2.45, 2.75) is 48.0 Å². The van der Waals surface area contributed by atoms with E-state index in [1.807, 2.05) is 0 Å². The molecule has 14 heavy (non-hydrogen) atoms. The van der Waals surface area contributed by atoms with Gasteiger partial charge in [-0.1, -0.05) is 41.5 Å². The Bertz CT molecular complexity index is 205. The molecule has 0 bridgehead atoms. The van der Waals surface area contributed by atoms with E-state index in [2.05, 4.69) is 41.5 Å². The average molecular weight is 199 g/mol. The van der Waals surface area contributed by atoms with Gasteiger partial charge >= 0.3 is 0 Å². The molecule has 0 amide bonds. The molecule has 0 aromatic heterocycles. The lowest BCUT2D eigenvalue weighted by molar-refractivity contribution is 0.191. The van der Waals surface area contributed by atoms with E-state index in [1.54, 1.807) is 0 Å². The van der Waals surface area contributed by atoms with E-state index in [-0.39, 0.29) is 16.7 Å². The van der Waals surface area contributed by atoms with E-state index in [0.717, 1.165) is 12.7 Å². The van der Waals surface area contributed by atoms with Crippen LogP contribution in [0, 0.1) is 16.7 Å². The highest BCUT2D eigenvalue weighted by molar-refractivity contribution is 5.03. The second-order valence-corrected chi connectivity index (χ2v) is 6.31. The molecule has 3 N–H and O–H groups in total. The van der Waals surface area contributed by atoms with Gasteiger partial charge in [0.05, 0.1) is 6.26 Å². The Hall–Kier alpha value is -0.660. The largest absolute Gasteiger partial charge is 0.514 e. The molecule has 0 aliphatic heterocycles. The monoisotopic (exact) mass is 199 g/mol. The van der Waals surface area contributed by atoms with Crippen molar-refractivity contribution in [2.24, 2.45) is 22.5 Å². The summed E-state index contributed by atoms with van der Waals surface area (Å²) in [5.74, 6) is 0.229. The number of aliphatic hydroxyl groups is 1. The van der Waals surface area contributed by atoms with Gasteiger partial charge in [-0.25, -0.2) is 0 Å². The third kappa shape index (κ3) is 4.54. The molecule has 0 aliphatic carbocycles. The summed E-state index contributed by atoms with van der Waals surface area (Å²) in [6.07, 6.45) is 2.03. The van der Waals surface area contributed by atoms with Gasteiger partial charge in [0.2, 0.25) is 0 Å². The summed E-state index contributed by atoms with van der Waals surface area (Å²) in [6.45, 7) is 13.0. The zero-order valence-electron chi connectivity index (χ0n) is 10.4. The van der Waals surface area contributed by atoms with Crippen molar-refractivity contribution in [1.29, 1.82) is 0 Å². The maximum Gasteiger partial charge on any atom is 0.0981 e. The molecule has 0 saturated heterocycles. The Morgan fingerprint density at radius 2 is 1.64 bits per heavy atom. The smallest absolute Gasteiger partial charge is 0.0981 e. The van der Waals surface area contributed by atoms with Crippen LogP contribution in [0.15, 0.2) is 12.0 Å². The van der Waals surface area contributed by atoms with Crippen molar-refractivity contribution >= 4 is 0 Å². The van der Waals surface area contributed by atoms with Gasteiger partial charge in [-0.15, -0.1) is 0 Å². The molecular weight excluding hydrogens is 174 g/mol. The molecule has 0 rings (SSSR count). The zero-order chi connectivity index (χ0) is 11.6. The van der Waals surface area contributed by atoms with Crippen molar-refractivity contribution in [2.75, 3.05) is 0 Å². The number of nitrogens with two attached hydrogens (primary N) is 1. The first-order valence-electron chi connectivity index (χ1n) is 5.17. The molecule has 0 saturated carbocycles. The molecule has 2 heteroatoms. The quantitative estimate of drug-likeness (QED) is 0.669. The topological polar surface area (TPSA) is 46.2 Å². The Morgan fingerprint density at radius 1 is 1.21 bits per heavy atom. The van der Waals surface area contributed by atoms with Gasteiger partial charge in [-0.05, 0) is 17.3 Å². The highest BCUT2D eigenvalue weighted by Crippen LogP contribution is 2.38. The van der Waals surface area contributed by atoms with Crippen LogP contribution >= 0.6 is 0 Å². The number of hydrogen-bond donors (Lipinski definition) is 2. The molecule has 0 aromatic rings. The molecule has 2 nitrogen and oxygen atoms in total. The second-order valence-electron chi connectivity index (χ2n) is 6.31. The fourth-order valence-electron chi connectivity index (χ4n) is 1.63. The summed E-state index contributed by atoms with van der Waals surface area (Å²) >= 11 is 0. The number of allylic oxidation sites excluding steroid dienone is 1. The SMILES string of the molecule is CC(C)(C)CC(C(N)=CO)C(C)(C)C. The molecular formula is C12H25NO. The Morgan fingerprint density at radius 3 is 1.86 bits per heavy atom. The Labute approximate surface area is 88.2 Å². The van der Waals surface area contributed by atoms with E-state index in [4.69, 9.17) is 10.8 Å². The molecule has 0 heterocycles. The van der Waals surface area contributed by atoms with Gasteiger partial charge < -0.3 is 10.8 Å². The van der Waals surface area contributed by atoms with Gasteiger partial charge in [-0.2, -0.15) is 0 Å². The van der Waals surface area contributed by atoms with Crippen LogP contribution < -0.4 is 5.73 Å². The molecule has 0 aromatic carbocycles. The molecule has 0 aliphatic rings.